The Bertz CT molecular complexity index is 1540. The molecule has 0 bridgehead atoms. The molecule has 0 aliphatic heterocycles. The maximum absolute atomic E-state index is 12.9. The SMILES string of the molecule is CC/C=C\C/C=C\C/C=C\C/C=C\CCCCC(=O)OC(COC(=O)CCCCCCC/C=C\C/C=C\C/C=C\CC)COP(=O)(O)OCC(CO)OC(=O)CCCCCCC/C=C\CCCCCC. The van der Waals surface area contributed by atoms with Gasteiger partial charge in [-0.1, -0.05) is 176 Å². The lowest BCUT2D eigenvalue weighted by Gasteiger charge is -2.21. The van der Waals surface area contributed by atoms with Crippen molar-refractivity contribution in [2.75, 3.05) is 26.4 Å². The zero-order valence-corrected chi connectivity index (χ0v) is 44.8. The molecule has 0 aliphatic carbocycles. The molecule has 0 fully saturated rings. The first-order valence-electron chi connectivity index (χ1n) is 27.1. The Morgan fingerprint density at radius 2 is 0.743 bits per heavy atom. The highest BCUT2D eigenvalue weighted by Crippen LogP contribution is 2.43. The van der Waals surface area contributed by atoms with Gasteiger partial charge in [0, 0.05) is 19.3 Å². The van der Waals surface area contributed by atoms with E-state index in [4.69, 9.17) is 23.3 Å². The predicted molar refractivity (Wildman–Crippen MR) is 288 cm³/mol. The van der Waals surface area contributed by atoms with Crippen LogP contribution in [0.3, 0.4) is 0 Å². The lowest BCUT2D eigenvalue weighted by Crippen LogP contribution is -2.30. The van der Waals surface area contributed by atoms with Crippen LogP contribution in [0.2, 0.25) is 0 Å². The largest absolute Gasteiger partial charge is 0.472 e. The van der Waals surface area contributed by atoms with Crippen LogP contribution in [0, 0.1) is 0 Å². The zero-order chi connectivity index (χ0) is 51.3. The van der Waals surface area contributed by atoms with Crippen molar-refractivity contribution in [2.24, 2.45) is 0 Å². The number of rotatable bonds is 49. The average molecular weight is 1000 g/mol. The van der Waals surface area contributed by atoms with Crippen molar-refractivity contribution in [3.8, 4) is 0 Å². The first kappa shape index (κ1) is 66.4. The molecule has 0 radical (unpaired) electrons. The molecule has 3 unspecified atom stereocenters. The summed E-state index contributed by atoms with van der Waals surface area (Å²) >= 11 is 0. The summed E-state index contributed by atoms with van der Waals surface area (Å²) in [4.78, 5) is 48.4. The fourth-order valence-corrected chi connectivity index (χ4v) is 7.67. The quantitative estimate of drug-likeness (QED) is 0.0197. The third kappa shape index (κ3) is 49.4. The van der Waals surface area contributed by atoms with Crippen LogP contribution in [0.1, 0.15) is 213 Å². The number of carbonyl (C=O) groups excluding carboxylic acids is 3. The molecule has 0 amide bonds. The summed E-state index contributed by atoms with van der Waals surface area (Å²) < 4.78 is 39.4. The topological polar surface area (TPSA) is 155 Å². The molecule has 400 valence electrons. The van der Waals surface area contributed by atoms with Crippen LogP contribution in [0.25, 0.3) is 0 Å². The number of esters is 3. The molecular weight excluding hydrogens is 904 g/mol. The molecule has 0 saturated carbocycles. The second kappa shape index (κ2) is 51.7. The zero-order valence-electron chi connectivity index (χ0n) is 43.9. The highest BCUT2D eigenvalue weighted by molar-refractivity contribution is 7.47. The van der Waals surface area contributed by atoms with Gasteiger partial charge >= 0.3 is 25.7 Å². The highest BCUT2D eigenvalue weighted by Gasteiger charge is 2.28. The molecule has 0 aromatic rings. The molecular formula is C58H97O11P. The average Bonchev–Trinajstić information content (AvgIpc) is 3.35. The smallest absolute Gasteiger partial charge is 0.462 e. The van der Waals surface area contributed by atoms with Gasteiger partial charge in [0.05, 0.1) is 19.8 Å². The fraction of sp³-hybridized carbons (Fsp3) is 0.672. The number of hydrogen-bond donors (Lipinski definition) is 2. The van der Waals surface area contributed by atoms with Crippen LogP contribution in [-0.4, -0.2) is 66.5 Å². The number of unbranched alkanes of at least 4 members (excludes halogenated alkanes) is 16. The molecule has 0 aliphatic rings. The Kier molecular flexibility index (Phi) is 49.1. The van der Waals surface area contributed by atoms with E-state index in [0.717, 1.165) is 128 Å². The van der Waals surface area contributed by atoms with Gasteiger partial charge in [0.2, 0.25) is 0 Å². The Morgan fingerprint density at radius 3 is 1.19 bits per heavy atom. The molecule has 12 heteroatoms. The number of allylic oxidation sites excluding steroid dienone is 16. The molecule has 2 N–H and O–H groups in total. The number of hydrogen-bond acceptors (Lipinski definition) is 10. The van der Waals surface area contributed by atoms with Gasteiger partial charge in [-0.25, -0.2) is 4.57 Å². The molecule has 11 nitrogen and oxygen atoms in total. The summed E-state index contributed by atoms with van der Waals surface area (Å²) in [6.07, 6.45) is 59.4. The van der Waals surface area contributed by atoms with Crippen molar-refractivity contribution >= 4 is 25.7 Å². The Morgan fingerprint density at radius 1 is 0.414 bits per heavy atom. The van der Waals surface area contributed by atoms with Crippen molar-refractivity contribution in [3.05, 3.63) is 97.2 Å². The first-order chi connectivity index (χ1) is 34.2. The Balaban J connectivity index is 4.84. The van der Waals surface area contributed by atoms with E-state index < -0.39 is 57.8 Å². The molecule has 0 rings (SSSR count). The van der Waals surface area contributed by atoms with E-state index in [1.54, 1.807) is 0 Å². The molecule has 3 atom stereocenters. The van der Waals surface area contributed by atoms with Crippen LogP contribution in [0.5, 0.6) is 0 Å². The number of aliphatic hydroxyl groups is 1. The van der Waals surface area contributed by atoms with Gasteiger partial charge in [-0.15, -0.1) is 0 Å². The van der Waals surface area contributed by atoms with Crippen LogP contribution in [0.4, 0.5) is 0 Å². The summed E-state index contributed by atoms with van der Waals surface area (Å²) in [5.74, 6) is -1.55. The third-order valence-corrected chi connectivity index (χ3v) is 11.9. The number of ether oxygens (including phenoxy) is 3. The molecule has 0 saturated heterocycles. The molecule has 0 spiro atoms. The van der Waals surface area contributed by atoms with E-state index in [1.165, 1.54) is 25.7 Å². The minimum atomic E-state index is -4.77. The Hall–Kier alpha value is -3.60. The lowest BCUT2D eigenvalue weighted by atomic mass is 10.1. The minimum Gasteiger partial charge on any atom is -0.462 e. The maximum atomic E-state index is 12.9. The van der Waals surface area contributed by atoms with E-state index in [2.05, 4.69) is 118 Å². The van der Waals surface area contributed by atoms with Gasteiger partial charge in [0.15, 0.2) is 6.10 Å². The number of aliphatic hydroxyl groups excluding tert-OH is 1. The Labute approximate surface area is 425 Å². The van der Waals surface area contributed by atoms with Gasteiger partial charge in [0.1, 0.15) is 12.7 Å². The third-order valence-electron chi connectivity index (χ3n) is 11.0. The van der Waals surface area contributed by atoms with Gasteiger partial charge in [0.25, 0.3) is 0 Å². The van der Waals surface area contributed by atoms with Gasteiger partial charge in [-0.3, -0.25) is 23.4 Å². The number of carbonyl (C=O) groups is 3. The van der Waals surface area contributed by atoms with E-state index in [-0.39, 0.29) is 25.9 Å². The van der Waals surface area contributed by atoms with E-state index in [1.807, 2.05) is 0 Å². The van der Waals surface area contributed by atoms with Crippen LogP contribution in [-0.2, 0) is 42.2 Å². The normalized spacial score (nSPS) is 14.2. The second-order valence-electron chi connectivity index (χ2n) is 17.6. The van der Waals surface area contributed by atoms with Crippen molar-refractivity contribution in [3.63, 3.8) is 0 Å². The summed E-state index contributed by atoms with van der Waals surface area (Å²) in [6, 6.07) is 0. The van der Waals surface area contributed by atoms with E-state index in [0.29, 0.717) is 19.3 Å². The first-order valence-corrected chi connectivity index (χ1v) is 28.6. The lowest BCUT2D eigenvalue weighted by molar-refractivity contribution is -0.161. The van der Waals surface area contributed by atoms with Crippen LogP contribution in [0.15, 0.2) is 97.2 Å². The monoisotopic (exact) mass is 1000 g/mol. The van der Waals surface area contributed by atoms with E-state index in [9.17, 15) is 28.9 Å². The predicted octanol–water partition coefficient (Wildman–Crippen LogP) is 15.7. The van der Waals surface area contributed by atoms with Gasteiger partial charge in [-0.2, -0.15) is 0 Å². The van der Waals surface area contributed by atoms with Crippen molar-refractivity contribution in [2.45, 2.75) is 226 Å². The molecule has 0 aromatic heterocycles. The standard InChI is InChI=1S/C58H97O11P/c1-4-7-10-13-16-19-22-25-27-30-32-35-38-41-44-47-56(60)65-51-55(69-58(62)49-46-43-40-37-34-31-28-26-23-20-17-14-11-8-5-2)53-67-70(63,64)66-52-54(50-59)68-57(61)48-45-42-39-36-33-29-24-21-18-15-12-9-6-3/h7-8,10-11,16-17,19-21,24-28,34,37,54-55,59H,4-6,9,12-15,18,22-23,29-33,35-36,38-53H2,1-3H3,(H,63,64)/b10-7-,11-8-,19-16-,20-17-,24-21-,27-25-,28-26-,37-34-. The highest BCUT2D eigenvalue weighted by atomic mass is 31.2. The summed E-state index contributed by atoms with van der Waals surface area (Å²) in [6.45, 7) is 4.31. The molecule has 0 aromatic carbocycles. The molecule has 0 heterocycles. The van der Waals surface area contributed by atoms with Gasteiger partial charge < -0.3 is 24.2 Å². The number of phosphoric acid groups is 1. The molecule has 70 heavy (non-hydrogen) atoms. The van der Waals surface area contributed by atoms with Crippen LogP contribution < -0.4 is 0 Å². The number of phosphoric ester groups is 1. The van der Waals surface area contributed by atoms with Crippen molar-refractivity contribution < 1.29 is 52.2 Å². The minimum absolute atomic E-state index is 0.107. The summed E-state index contributed by atoms with van der Waals surface area (Å²) in [5, 5.41) is 9.79. The van der Waals surface area contributed by atoms with Crippen molar-refractivity contribution in [1.29, 1.82) is 0 Å². The summed E-state index contributed by atoms with van der Waals surface area (Å²) in [5.41, 5.74) is 0. The summed E-state index contributed by atoms with van der Waals surface area (Å²) in [7, 11) is -4.77. The van der Waals surface area contributed by atoms with Crippen LogP contribution >= 0.6 is 7.82 Å². The fourth-order valence-electron chi connectivity index (χ4n) is 6.88. The maximum Gasteiger partial charge on any atom is 0.472 e. The second-order valence-corrected chi connectivity index (χ2v) is 19.1. The van der Waals surface area contributed by atoms with Crippen molar-refractivity contribution in [1.82, 2.24) is 0 Å². The van der Waals surface area contributed by atoms with Gasteiger partial charge in [-0.05, 0) is 116 Å². The van der Waals surface area contributed by atoms with E-state index >= 15 is 0 Å².